The number of primary amides is 1. The average Bonchev–Trinajstić information content (AvgIpc) is 3.22. The predicted molar refractivity (Wildman–Crippen MR) is 115 cm³/mol. The molecule has 32 heavy (non-hydrogen) atoms. The van der Waals surface area contributed by atoms with Crippen LogP contribution in [0.5, 0.6) is 0 Å². The maximum atomic E-state index is 13.6. The number of nitrogens with two attached hydrogens (primary N) is 2. The summed E-state index contributed by atoms with van der Waals surface area (Å²) in [7, 11) is 0. The van der Waals surface area contributed by atoms with E-state index in [-0.39, 0.29) is 23.7 Å². The Labute approximate surface area is 182 Å². The number of rotatable bonds is 6. The molecular weight excluding hydrogens is 421 g/mol. The Morgan fingerprint density at radius 2 is 1.75 bits per heavy atom. The van der Waals surface area contributed by atoms with E-state index in [1.165, 1.54) is 36.4 Å². The predicted octanol–water partition coefficient (Wildman–Crippen LogP) is 3.10. The molecule has 4 rings (SSSR count). The molecule has 0 saturated carbocycles. The van der Waals surface area contributed by atoms with Gasteiger partial charge >= 0.3 is 0 Å². The third kappa shape index (κ3) is 4.13. The molecule has 1 amide bonds. The minimum absolute atomic E-state index is 0.185. The van der Waals surface area contributed by atoms with E-state index in [0.29, 0.717) is 37.3 Å². The zero-order valence-electron chi connectivity index (χ0n) is 17.2. The van der Waals surface area contributed by atoms with Crippen LogP contribution in [-0.4, -0.2) is 35.3 Å². The number of carbonyl (C=O) groups excluding carboxylic acids is 1. The van der Waals surface area contributed by atoms with E-state index >= 15 is 0 Å². The van der Waals surface area contributed by atoms with Crippen LogP contribution in [0.15, 0.2) is 48.7 Å². The van der Waals surface area contributed by atoms with Crippen LogP contribution in [0.3, 0.4) is 0 Å². The van der Waals surface area contributed by atoms with Crippen molar-refractivity contribution in [2.75, 3.05) is 29.9 Å². The van der Waals surface area contributed by atoms with E-state index in [4.69, 9.17) is 11.5 Å². The molecule has 7 nitrogen and oxygen atoms in total. The van der Waals surface area contributed by atoms with E-state index < -0.39 is 23.1 Å². The summed E-state index contributed by atoms with van der Waals surface area (Å²) in [5, 5.41) is 7.54. The Kier molecular flexibility index (Phi) is 5.79. The molecule has 2 aromatic carbocycles. The van der Waals surface area contributed by atoms with Gasteiger partial charge in [-0.15, -0.1) is 0 Å². The summed E-state index contributed by atoms with van der Waals surface area (Å²) in [5.41, 5.74) is 12.4. The second kappa shape index (κ2) is 8.54. The lowest BCUT2D eigenvalue weighted by atomic mass is 9.87. The fourth-order valence-corrected chi connectivity index (χ4v) is 3.95. The second-order valence-corrected chi connectivity index (χ2v) is 7.85. The molecule has 5 N–H and O–H groups in total. The Hall–Kier alpha value is -3.53. The number of amides is 1. The number of benzene rings is 2. The maximum absolute atomic E-state index is 13.6. The molecule has 1 fully saturated rings. The van der Waals surface area contributed by atoms with E-state index in [1.807, 2.05) is 4.90 Å². The van der Waals surface area contributed by atoms with Crippen molar-refractivity contribution in [3.05, 3.63) is 71.7 Å². The molecule has 0 bridgehead atoms. The number of carbonyl (C=O) groups is 1. The maximum Gasteiger partial charge on any atom is 0.254 e. The van der Waals surface area contributed by atoms with Crippen molar-refractivity contribution >= 4 is 23.1 Å². The summed E-state index contributed by atoms with van der Waals surface area (Å²) < 4.78 is 41.7. The van der Waals surface area contributed by atoms with Gasteiger partial charge in [0.1, 0.15) is 11.4 Å². The normalized spacial score (nSPS) is 15.6. The summed E-state index contributed by atoms with van der Waals surface area (Å²) >= 11 is 0. The van der Waals surface area contributed by atoms with Gasteiger partial charge in [0.2, 0.25) is 0 Å². The number of aromatic nitrogens is 2. The monoisotopic (exact) mass is 444 g/mol. The van der Waals surface area contributed by atoms with Crippen LogP contribution in [0.2, 0.25) is 0 Å². The molecule has 0 unspecified atom stereocenters. The molecule has 3 aromatic rings. The van der Waals surface area contributed by atoms with Gasteiger partial charge in [-0.2, -0.15) is 5.10 Å². The van der Waals surface area contributed by atoms with Gasteiger partial charge in [-0.25, -0.2) is 13.2 Å². The molecule has 2 heterocycles. The number of hydrogen-bond donors (Lipinski definition) is 3. The number of anilines is 3. The van der Waals surface area contributed by atoms with Crippen LogP contribution in [0, 0.1) is 17.5 Å². The van der Waals surface area contributed by atoms with Crippen LogP contribution in [-0.2, 0) is 5.54 Å². The SMILES string of the molecule is NCC1(n2cc(C(N)=O)c(Nc3ccc(F)cc3)n2)CCN(c2ccc(F)c(F)c2)CC1. The highest BCUT2D eigenvalue weighted by atomic mass is 19.2. The zero-order valence-corrected chi connectivity index (χ0v) is 17.2. The van der Waals surface area contributed by atoms with Gasteiger partial charge in [0, 0.05) is 43.3 Å². The fraction of sp³-hybridized carbons (Fsp3) is 0.273. The molecular formula is C22H23F3N6O. The van der Waals surface area contributed by atoms with E-state index in [9.17, 15) is 18.0 Å². The molecule has 1 saturated heterocycles. The average molecular weight is 444 g/mol. The molecule has 0 spiro atoms. The van der Waals surface area contributed by atoms with Crippen molar-refractivity contribution in [3.63, 3.8) is 0 Å². The summed E-state index contributed by atoms with van der Waals surface area (Å²) in [6, 6.07) is 9.45. The molecule has 1 aliphatic heterocycles. The van der Waals surface area contributed by atoms with Gasteiger partial charge in [0.25, 0.3) is 5.91 Å². The highest BCUT2D eigenvalue weighted by Crippen LogP contribution is 2.33. The van der Waals surface area contributed by atoms with Gasteiger partial charge in [-0.05, 0) is 49.2 Å². The molecule has 168 valence electrons. The Bertz CT molecular complexity index is 1120. The second-order valence-electron chi connectivity index (χ2n) is 7.85. The van der Waals surface area contributed by atoms with Crippen molar-refractivity contribution in [2.24, 2.45) is 11.5 Å². The summed E-state index contributed by atoms with van der Waals surface area (Å²) in [4.78, 5) is 14.0. The number of nitrogens with zero attached hydrogens (tertiary/aromatic N) is 3. The highest BCUT2D eigenvalue weighted by molar-refractivity contribution is 5.98. The van der Waals surface area contributed by atoms with Gasteiger partial charge in [-0.1, -0.05) is 0 Å². The van der Waals surface area contributed by atoms with Crippen LogP contribution < -0.4 is 21.7 Å². The first-order valence-corrected chi connectivity index (χ1v) is 10.1. The minimum atomic E-state index is -0.896. The lowest BCUT2D eigenvalue weighted by Crippen LogP contribution is -2.50. The van der Waals surface area contributed by atoms with Crippen molar-refractivity contribution in [3.8, 4) is 0 Å². The van der Waals surface area contributed by atoms with E-state index in [1.54, 1.807) is 10.9 Å². The lowest BCUT2D eigenvalue weighted by molar-refractivity contribution is 0.100. The molecule has 0 aliphatic carbocycles. The first-order chi connectivity index (χ1) is 15.3. The summed E-state index contributed by atoms with van der Waals surface area (Å²) in [5.74, 6) is -2.58. The van der Waals surface area contributed by atoms with E-state index in [0.717, 1.165) is 6.07 Å². The quantitative estimate of drug-likeness (QED) is 0.542. The van der Waals surface area contributed by atoms with E-state index in [2.05, 4.69) is 10.4 Å². The third-order valence-corrected chi connectivity index (χ3v) is 5.92. The highest BCUT2D eigenvalue weighted by Gasteiger charge is 2.37. The van der Waals surface area contributed by atoms with Crippen molar-refractivity contribution < 1.29 is 18.0 Å². The number of hydrogen-bond acceptors (Lipinski definition) is 5. The molecule has 0 atom stereocenters. The van der Waals surface area contributed by atoms with Crippen LogP contribution in [0.1, 0.15) is 23.2 Å². The molecule has 10 heteroatoms. The van der Waals surface area contributed by atoms with Crippen LogP contribution in [0.4, 0.5) is 30.4 Å². The van der Waals surface area contributed by atoms with Gasteiger partial charge in [0.05, 0.1) is 5.54 Å². The van der Waals surface area contributed by atoms with Crippen LogP contribution in [0.25, 0.3) is 0 Å². The van der Waals surface area contributed by atoms with Gasteiger partial charge in [0.15, 0.2) is 17.5 Å². The Balaban J connectivity index is 1.58. The Morgan fingerprint density at radius 3 is 2.34 bits per heavy atom. The van der Waals surface area contributed by atoms with Crippen molar-refractivity contribution in [2.45, 2.75) is 18.4 Å². The standard InChI is InChI=1S/C22H23F3N6O/c23-14-1-3-15(4-2-14)28-21-17(20(27)32)12-31(29-21)22(13-26)7-9-30(10-8-22)16-5-6-18(24)19(25)11-16/h1-6,11-12H,7-10,13,26H2,(H2,27,32)(H,28,29). The smallest absolute Gasteiger partial charge is 0.254 e. The zero-order chi connectivity index (χ0) is 22.9. The molecule has 1 aromatic heterocycles. The summed E-state index contributed by atoms with van der Waals surface area (Å²) in [6.45, 7) is 1.33. The number of halogens is 3. The lowest BCUT2D eigenvalue weighted by Gasteiger charge is -2.42. The Morgan fingerprint density at radius 1 is 1.06 bits per heavy atom. The summed E-state index contributed by atoms with van der Waals surface area (Å²) in [6.07, 6.45) is 2.70. The first-order valence-electron chi connectivity index (χ1n) is 10.1. The largest absolute Gasteiger partial charge is 0.371 e. The molecule has 1 aliphatic rings. The van der Waals surface area contributed by atoms with Crippen molar-refractivity contribution in [1.82, 2.24) is 9.78 Å². The first kappa shape index (κ1) is 21.7. The number of nitrogens with one attached hydrogen (secondary N) is 1. The number of piperidine rings is 1. The third-order valence-electron chi connectivity index (χ3n) is 5.92. The van der Waals surface area contributed by atoms with Crippen molar-refractivity contribution in [1.29, 1.82) is 0 Å². The fourth-order valence-electron chi connectivity index (χ4n) is 3.95. The minimum Gasteiger partial charge on any atom is -0.371 e. The molecule has 0 radical (unpaired) electrons. The van der Waals surface area contributed by atoms with Gasteiger partial charge < -0.3 is 21.7 Å². The van der Waals surface area contributed by atoms with Gasteiger partial charge in [-0.3, -0.25) is 9.48 Å². The topological polar surface area (TPSA) is 102 Å². The van der Waals surface area contributed by atoms with Crippen LogP contribution >= 0.6 is 0 Å².